The van der Waals surface area contributed by atoms with Crippen LogP contribution in [0.15, 0.2) is 48.5 Å². The number of rotatable bonds is 1. The summed E-state index contributed by atoms with van der Waals surface area (Å²) in [5, 5.41) is 0. The van der Waals surface area contributed by atoms with Gasteiger partial charge in [-0.3, -0.25) is 0 Å². The molecule has 0 N–H and O–H groups in total. The van der Waals surface area contributed by atoms with Crippen LogP contribution in [0.4, 0.5) is 17.6 Å². The molecule has 2 nitrogen and oxygen atoms in total. The van der Waals surface area contributed by atoms with Gasteiger partial charge in [-0.1, -0.05) is 35.6 Å². The summed E-state index contributed by atoms with van der Waals surface area (Å²) in [5.41, 5.74) is 0.345. The fourth-order valence-corrected chi connectivity index (χ4v) is 3.14. The highest BCUT2D eigenvalue weighted by atomic mass is 19.3. The number of aryl methyl sites for hydroxylation is 1. The van der Waals surface area contributed by atoms with Gasteiger partial charge < -0.3 is 9.47 Å². The van der Waals surface area contributed by atoms with E-state index in [-0.39, 0.29) is 22.4 Å². The molecule has 1 aliphatic heterocycles. The average Bonchev–Trinajstić information content (AvgIpc) is 2.69. The van der Waals surface area contributed by atoms with Crippen LogP contribution in [0.5, 0.6) is 11.5 Å². The molecule has 29 heavy (non-hydrogen) atoms. The van der Waals surface area contributed by atoms with Gasteiger partial charge in [0.2, 0.25) is 5.82 Å². The number of alkyl halides is 2. The molecule has 0 atom stereocenters. The molecule has 0 aromatic heterocycles. The van der Waals surface area contributed by atoms with Crippen molar-refractivity contribution in [3.63, 3.8) is 0 Å². The van der Waals surface area contributed by atoms with Gasteiger partial charge in [0.05, 0.1) is 12.7 Å². The molecule has 6 heteroatoms. The van der Waals surface area contributed by atoms with E-state index in [4.69, 9.17) is 4.74 Å². The van der Waals surface area contributed by atoms with E-state index in [2.05, 4.69) is 16.6 Å². The number of ether oxygens (including phenoxy) is 2. The van der Waals surface area contributed by atoms with Crippen LogP contribution in [0, 0.1) is 30.4 Å². The third-order valence-corrected chi connectivity index (χ3v) is 4.63. The summed E-state index contributed by atoms with van der Waals surface area (Å²) in [6, 6.07) is 12.4. The molecule has 0 amide bonds. The summed E-state index contributed by atoms with van der Waals surface area (Å²) < 4.78 is 68.0. The van der Waals surface area contributed by atoms with Crippen LogP contribution in [0.2, 0.25) is 0 Å². The van der Waals surface area contributed by atoms with E-state index < -0.39 is 29.1 Å². The van der Waals surface area contributed by atoms with Crippen LogP contribution in [-0.2, 0) is 6.11 Å². The molecule has 0 spiro atoms. The van der Waals surface area contributed by atoms with Crippen molar-refractivity contribution in [2.45, 2.75) is 13.0 Å². The van der Waals surface area contributed by atoms with Crippen LogP contribution in [0.1, 0.15) is 22.3 Å². The second-order valence-electron chi connectivity index (χ2n) is 6.54. The maximum atomic E-state index is 15.0. The molecule has 0 saturated carbocycles. The molecule has 3 aromatic carbocycles. The van der Waals surface area contributed by atoms with E-state index in [1.807, 2.05) is 19.1 Å². The van der Waals surface area contributed by atoms with E-state index in [0.29, 0.717) is 5.56 Å². The molecule has 1 aliphatic rings. The second-order valence-corrected chi connectivity index (χ2v) is 6.54. The van der Waals surface area contributed by atoms with Crippen molar-refractivity contribution in [2.24, 2.45) is 0 Å². The Balaban J connectivity index is 1.85. The highest BCUT2D eigenvalue weighted by molar-refractivity contribution is 5.78. The number of hydrogen-bond donors (Lipinski definition) is 0. The zero-order chi connectivity index (χ0) is 20.8. The molecule has 0 saturated heterocycles. The molecule has 0 bridgehead atoms. The van der Waals surface area contributed by atoms with Crippen molar-refractivity contribution in [2.75, 3.05) is 7.11 Å². The van der Waals surface area contributed by atoms with Crippen molar-refractivity contribution in [1.82, 2.24) is 0 Å². The number of halogens is 4. The Kier molecular flexibility index (Phi) is 4.46. The van der Waals surface area contributed by atoms with Gasteiger partial charge in [-0.2, -0.15) is 13.2 Å². The molecular formula is C23H14F4O2. The van der Waals surface area contributed by atoms with E-state index in [9.17, 15) is 17.6 Å². The quantitative estimate of drug-likeness (QED) is 0.382. The maximum absolute atomic E-state index is 15.0. The molecule has 146 valence electrons. The third-order valence-electron chi connectivity index (χ3n) is 4.63. The van der Waals surface area contributed by atoms with Gasteiger partial charge in [0, 0.05) is 16.7 Å². The minimum Gasteiger partial charge on any atom is -0.494 e. The van der Waals surface area contributed by atoms with Crippen molar-refractivity contribution < 1.29 is 27.0 Å². The maximum Gasteiger partial charge on any atom is 0.430 e. The van der Waals surface area contributed by atoms with Crippen molar-refractivity contribution in [3.05, 3.63) is 82.4 Å². The van der Waals surface area contributed by atoms with E-state index in [0.717, 1.165) is 5.56 Å². The minimum atomic E-state index is -4.07. The van der Waals surface area contributed by atoms with Gasteiger partial charge in [-0.25, -0.2) is 4.39 Å². The first kappa shape index (κ1) is 18.9. The lowest BCUT2D eigenvalue weighted by Gasteiger charge is -2.29. The standard InChI is InChI=1S/C23H14F4O2/c1-13-3-5-14(6-4-13)7-8-15-9-10-16-17-11-12-18(28-2)21(25)22(17)29-23(26,27)19(16)20(15)24/h3-6,9-12H,1-2H3. The zero-order valence-electron chi connectivity index (χ0n) is 15.4. The first-order chi connectivity index (χ1) is 13.8. The predicted molar refractivity (Wildman–Crippen MR) is 100 cm³/mol. The lowest BCUT2D eigenvalue weighted by molar-refractivity contribution is -0.190. The number of fused-ring (bicyclic) bond motifs is 3. The molecule has 3 aromatic rings. The Morgan fingerprint density at radius 1 is 0.862 bits per heavy atom. The smallest absolute Gasteiger partial charge is 0.430 e. The van der Waals surface area contributed by atoms with Crippen LogP contribution >= 0.6 is 0 Å². The van der Waals surface area contributed by atoms with Gasteiger partial charge in [0.15, 0.2) is 17.3 Å². The highest BCUT2D eigenvalue weighted by Gasteiger charge is 2.46. The Hall–Kier alpha value is -3.46. The molecular weight excluding hydrogens is 384 g/mol. The Morgan fingerprint density at radius 2 is 1.55 bits per heavy atom. The Morgan fingerprint density at radius 3 is 2.24 bits per heavy atom. The molecule has 0 radical (unpaired) electrons. The topological polar surface area (TPSA) is 18.5 Å². The Labute approximate surface area is 164 Å². The van der Waals surface area contributed by atoms with E-state index in [1.165, 1.54) is 31.4 Å². The number of benzene rings is 3. The minimum absolute atomic E-state index is 0.0150. The molecule has 4 rings (SSSR count). The molecule has 1 heterocycles. The number of methoxy groups -OCH3 is 1. The summed E-state index contributed by atoms with van der Waals surface area (Å²) in [6.07, 6.45) is -4.07. The summed E-state index contributed by atoms with van der Waals surface area (Å²) in [6.45, 7) is 1.92. The summed E-state index contributed by atoms with van der Waals surface area (Å²) in [7, 11) is 1.21. The van der Waals surface area contributed by atoms with Crippen LogP contribution in [-0.4, -0.2) is 7.11 Å². The van der Waals surface area contributed by atoms with Gasteiger partial charge >= 0.3 is 6.11 Å². The van der Waals surface area contributed by atoms with Crippen molar-refractivity contribution in [1.29, 1.82) is 0 Å². The lowest BCUT2D eigenvalue weighted by Crippen LogP contribution is -2.29. The largest absolute Gasteiger partial charge is 0.494 e. The summed E-state index contributed by atoms with van der Waals surface area (Å²) in [5.74, 6) is 2.14. The number of hydrogen-bond acceptors (Lipinski definition) is 2. The van der Waals surface area contributed by atoms with Crippen LogP contribution in [0.25, 0.3) is 11.1 Å². The van der Waals surface area contributed by atoms with Crippen LogP contribution in [0.3, 0.4) is 0 Å². The summed E-state index contributed by atoms with van der Waals surface area (Å²) >= 11 is 0. The lowest BCUT2D eigenvalue weighted by atomic mass is 9.93. The first-order valence-corrected chi connectivity index (χ1v) is 8.67. The fraction of sp³-hybridized carbons (Fsp3) is 0.130. The average molecular weight is 398 g/mol. The van der Waals surface area contributed by atoms with Crippen molar-refractivity contribution >= 4 is 0 Å². The van der Waals surface area contributed by atoms with Crippen LogP contribution < -0.4 is 9.47 Å². The third kappa shape index (κ3) is 3.19. The normalized spacial score (nSPS) is 13.4. The van der Waals surface area contributed by atoms with E-state index in [1.54, 1.807) is 12.1 Å². The fourth-order valence-electron chi connectivity index (χ4n) is 3.14. The summed E-state index contributed by atoms with van der Waals surface area (Å²) in [4.78, 5) is 0. The molecule has 0 fully saturated rings. The van der Waals surface area contributed by atoms with Gasteiger partial charge in [-0.05, 0) is 37.3 Å². The van der Waals surface area contributed by atoms with E-state index >= 15 is 0 Å². The van der Waals surface area contributed by atoms with Gasteiger partial charge in [-0.15, -0.1) is 0 Å². The predicted octanol–water partition coefficient (Wildman–Crippen LogP) is 5.79. The molecule has 0 aliphatic carbocycles. The van der Waals surface area contributed by atoms with Gasteiger partial charge in [0.1, 0.15) is 5.56 Å². The monoisotopic (exact) mass is 398 g/mol. The SMILES string of the molecule is COc1ccc2c(c1F)OC(F)(F)c1c-2ccc(C#Cc2ccc(C)cc2)c1F. The molecule has 0 unspecified atom stereocenters. The Bertz CT molecular complexity index is 1170. The van der Waals surface area contributed by atoms with Crippen molar-refractivity contribution in [3.8, 4) is 34.5 Å². The second kappa shape index (κ2) is 6.85. The van der Waals surface area contributed by atoms with Gasteiger partial charge in [0.25, 0.3) is 0 Å². The zero-order valence-corrected chi connectivity index (χ0v) is 15.4. The highest BCUT2D eigenvalue weighted by Crippen LogP contribution is 2.50. The first-order valence-electron chi connectivity index (χ1n) is 8.67.